The number of benzene rings is 2. The summed E-state index contributed by atoms with van der Waals surface area (Å²) in [6.45, 7) is 2.60. The Kier molecular flexibility index (Phi) is 6.61. The van der Waals surface area contributed by atoms with Crippen LogP contribution in [0, 0.1) is 0 Å². The van der Waals surface area contributed by atoms with Crippen LogP contribution in [-0.4, -0.2) is 30.8 Å². The van der Waals surface area contributed by atoms with Crippen molar-refractivity contribution < 1.29 is 19.7 Å². The van der Waals surface area contributed by atoms with E-state index in [-0.39, 0.29) is 10.6 Å². The highest BCUT2D eigenvalue weighted by atomic mass is 32.1. The minimum atomic E-state index is -0.955. The van der Waals surface area contributed by atoms with Gasteiger partial charge in [-0.15, -0.1) is 0 Å². The second-order valence-electron chi connectivity index (χ2n) is 6.61. The second-order valence-corrected chi connectivity index (χ2v) is 6.99. The quantitative estimate of drug-likeness (QED) is 0.483. The van der Waals surface area contributed by atoms with Crippen LogP contribution in [0.2, 0.25) is 0 Å². The van der Waals surface area contributed by atoms with Gasteiger partial charge in [0, 0.05) is 6.42 Å². The van der Waals surface area contributed by atoms with Crippen molar-refractivity contribution in [2.24, 2.45) is 0 Å². The monoisotopic (exact) mass is 410 g/mol. The van der Waals surface area contributed by atoms with Gasteiger partial charge in [0.05, 0.1) is 23.9 Å². The predicted octanol–water partition coefficient (Wildman–Crippen LogP) is 5.00. The van der Waals surface area contributed by atoms with Crippen LogP contribution in [0.5, 0.6) is 11.6 Å². The molecular formula is C22H22N2O4S. The fourth-order valence-corrected chi connectivity index (χ4v) is 3.13. The number of rotatable bonds is 9. The maximum Gasteiger partial charge on any atom is 0.335 e. The number of aryl methyl sites for hydroxylation is 1. The van der Waals surface area contributed by atoms with Crippen molar-refractivity contribution in [2.75, 3.05) is 0 Å². The van der Waals surface area contributed by atoms with E-state index in [1.54, 1.807) is 54.7 Å². The first kappa shape index (κ1) is 20.5. The molecule has 1 heterocycles. The zero-order chi connectivity index (χ0) is 20.8. The lowest BCUT2D eigenvalue weighted by Crippen LogP contribution is -2.08. The van der Waals surface area contributed by atoms with E-state index in [1.165, 1.54) is 0 Å². The Bertz CT molecular complexity index is 1010. The highest BCUT2D eigenvalue weighted by molar-refractivity contribution is 7.80. The molecule has 0 saturated carbocycles. The van der Waals surface area contributed by atoms with Crippen molar-refractivity contribution >= 4 is 23.2 Å². The fraction of sp³-hybridized carbons (Fsp3) is 0.227. The van der Waals surface area contributed by atoms with Crippen molar-refractivity contribution in [3.05, 3.63) is 77.2 Å². The normalized spacial score (nSPS) is 10.7. The zero-order valence-electron chi connectivity index (χ0n) is 16.0. The third kappa shape index (κ3) is 5.00. The van der Waals surface area contributed by atoms with E-state index < -0.39 is 5.97 Å². The summed E-state index contributed by atoms with van der Waals surface area (Å²) < 4.78 is 8.02. The van der Waals surface area contributed by atoms with Crippen molar-refractivity contribution in [1.82, 2.24) is 9.55 Å². The van der Waals surface area contributed by atoms with E-state index in [0.29, 0.717) is 23.7 Å². The molecule has 6 nitrogen and oxygen atoms in total. The van der Waals surface area contributed by atoms with Crippen LogP contribution in [0.1, 0.15) is 47.1 Å². The van der Waals surface area contributed by atoms with Gasteiger partial charge in [-0.25, -0.2) is 9.78 Å². The van der Waals surface area contributed by atoms with Crippen LogP contribution >= 0.6 is 12.2 Å². The van der Waals surface area contributed by atoms with Gasteiger partial charge < -0.3 is 14.9 Å². The largest absolute Gasteiger partial charge is 0.498 e. The number of hydrogen-bond acceptors (Lipinski definition) is 4. The topological polar surface area (TPSA) is 84.6 Å². The van der Waals surface area contributed by atoms with Gasteiger partial charge in [-0.05, 0) is 48.5 Å². The Morgan fingerprint density at radius 3 is 2.52 bits per heavy atom. The lowest BCUT2D eigenvalue weighted by atomic mass is 10.1. The number of aliphatic hydroxyl groups excluding tert-OH is 1. The number of para-hydroxylation sites is 1. The van der Waals surface area contributed by atoms with Gasteiger partial charge in [0.15, 0.2) is 5.05 Å². The molecule has 0 fully saturated rings. The minimum absolute atomic E-state index is 0.234. The van der Waals surface area contributed by atoms with Crippen molar-refractivity contribution in [3.63, 3.8) is 0 Å². The number of carboxylic acid groups (broad SMARTS) is 1. The number of imidazole rings is 1. The van der Waals surface area contributed by atoms with Crippen molar-refractivity contribution in [3.8, 4) is 11.6 Å². The Labute approximate surface area is 174 Å². The van der Waals surface area contributed by atoms with Crippen LogP contribution in [-0.2, 0) is 13.0 Å². The zero-order valence-corrected chi connectivity index (χ0v) is 16.9. The Hall–Kier alpha value is -3.19. The summed E-state index contributed by atoms with van der Waals surface area (Å²) in [7, 11) is 0. The van der Waals surface area contributed by atoms with E-state index in [9.17, 15) is 9.90 Å². The summed E-state index contributed by atoms with van der Waals surface area (Å²) in [5.41, 5.74) is 1.62. The number of aliphatic hydroxyl groups is 1. The molecule has 3 rings (SSSR count). The summed E-state index contributed by atoms with van der Waals surface area (Å²) in [6, 6.07) is 13.8. The molecule has 0 atom stereocenters. The summed E-state index contributed by atoms with van der Waals surface area (Å²) >= 11 is 4.90. The molecule has 0 saturated heterocycles. The van der Waals surface area contributed by atoms with Gasteiger partial charge in [0.25, 0.3) is 0 Å². The molecule has 0 aliphatic rings. The molecule has 29 heavy (non-hydrogen) atoms. The Balaban J connectivity index is 1.93. The van der Waals surface area contributed by atoms with E-state index in [2.05, 4.69) is 11.9 Å². The smallest absolute Gasteiger partial charge is 0.335 e. The fourth-order valence-electron chi connectivity index (χ4n) is 2.96. The molecule has 0 spiro atoms. The molecule has 0 aliphatic heterocycles. The minimum Gasteiger partial charge on any atom is -0.498 e. The number of unbranched alkanes of at least 4 members (excludes halogenated alkanes) is 1. The van der Waals surface area contributed by atoms with E-state index in [4.69, 9.17) is 22.1 Å². The number of aromatic carboxylic acids is 1. The molecule has 0 aliphatic carbocycles. The second kappa shape index (κ2) is 9.34. The Morgan fingerprint density at radius 1 is 1.14 bits per heavy atom. The lowest BCUT2D eigenvalue weighted by Gasteiger charge is -2.14. The van der Waals surface area contributed by atoms with E-state index in [0.717, 1.165) is 30.7 Å². The first-order valence-electron chi connectivity index (χ1n) is 9.36. The van der Waals surface area contributed by atoms with Gasteiger partial charge in [-0.1, -0.05) is 37.6 Å². The van der Waals surface area contributed by atoms with Crippen LogP contribution in [0.15, 0.2) is 54.7 Å². The molecule has 2 N–H and O–H groups in total. The third-order valence-corrected chi connectivity index (χ3v) is 4.75. The number of carboxylic acids is 1. The van der Waals surface area contributed by atoms with Crippen molar-refractivity contribution in [2.45, 2.75) is 32.7 Å². The number of hydrogen-bond donors (Lipinski definition) is 2. The first-order chi connectivity index (χ1) is 14.0. The van der Waals surface area contributed by atoms with Crippen LogP contribution in [0.25, 0.3) is 0 Å². The predicted molar refractivity (Wildman–Crippen MR) is 114 cm³/mol. The van der Waals surface area contributed by atoms with Crippen molar-refractivity contribution in [1.29, 1.82) is 0 Å². The molecule has 3 aromatic rings. The summed E-state index contributed by atoms with van der Waals surface area (Å²) in [6.07, 6.45) is 4.49. The molecular weight excluding hydrogens is 388 g/mol. The highest BCUT2D eigenvalue weighted by Crippen LogP contribution is 2.28. The summed E-state index contributed by atoms with van der Waals surface area (Å²) in [5, 5.41) is 18.6. The highest BCUT2D eigenvalue weighted by Gasteiger charge is 2.15. The number of ether oxygens (including phenoxy) is 1. The molecule has 0 radical (unpaired) electrons. The first-order valence-corrected chi connectivity index (χ1v) is 9.77. The number of aromatic nitrogens is 2. The SMILES string of the molecule is CCCCc1ncc(Oc2ccccc2C(O)=S)n1Cc1ccc(C(=O)O)cc1. The molecule has 0 amide bonds. The summed E-state index contributed by atoms with van der Waals surface area (Å²) in [4.78, 5) is 15.6. The van der Waals surface area contributed by atoms with Crippen LogP contribution in [0.4, 0.5) is 0 Å². The molecule has 150 valence electrons. The Morgan fingerprint density at radius 2 is 1.86 bits per heavy atom. The van der Waals surface area contributed by atoms with E-state index in [1.807, 2.05) is 4.57 Å². The van der Waals surface area contributed by atoms with Gasteiger partial charge >= 0.3 is 5.97 Å². The third-order valence-electron chi connectivity index (χ3n) is 4.53. The molecule has 0 bridgehead atoms. The average Bonchev–Trinajstić information content (AvgIpc) is 3.08. The number of thiocarbonyl (C=S) groups is 1. The number of nitrogens with zero attached hydrogens (tertiary/aromatic N) is 2. The molecule has 0 unspecified atom stereocenters. The molecule has 7 heteroatoms. The van der Waals surface area contributed by atoms with Gasteiger partial charge in [0.2, 0.25) is 5.88 Å². The maximum atomic E-state index is 11.1. The van der Waals surface area contributed by atoms with Crippen LogP contribution < -0.4 is 4.74 Å². The van der Waals surface area contributed by atoms with Crippen LogP contribution in [0.3, 0.4) is 0 Å². The molecule has 2 aromatic carbocycles. The lowest BCUT2D eigenvalue weighted by molar-refractivity contribution is 0.0697. The van der Waals surface area contributed by atoms with Gasteiger partial charge in [-0.3, -0.25) is 4.57 Å². The number of carbonyl (C=O) groups is 1. The van der Waals surface area contributed by atoms with Gasteiger partial charge in [-0.2, -0.15) is 0 Å². The average molecular weight is 410 g/mol. The van der Waals surface area contributed by atoms with Gasteiger partial charge in [0.1, 0.15) is 11.6 Å². The molecule has 1 aromatic heterocycles. The van der Waals surface area contributed by atoms with E-state index >= 15 is 0 Å². The summed E-state index contributed by atoms with van der Waals surface area (Å²) in [5.74, 6) is 0.906. The standard InChI is InChI=1S/C22H22N2O4S/c1-2-3-8-19-23-13-20(28-18-7-5-4-6-17(18)22(27)29)24(19)14-15-9-11-16(12-10-15)21(25)26/h4-7,9-13H,2-3,8,14H2,1H3,(H,25,26)(H,27,29). The maximum absolute atomic E-state index is 11.1.